The van der Waals surface area contributed by atoms with Crippen LogP contribution in [0.5, 0.6) is 0 Å². The molecular weight excluding hydrogens is 260 g/mol. The summed E-state index contributed by atoms with van der Waals surface area (Å²) < 4.78 is 1.19. The highest BCUT2D eigenvalue weighted by molar-refractivity contribution is 7.18. The normalized spacial score (nSPS) is 12.5. The number of para-hydroxylation sites is 1. The fraction of sp³-hybridized carbons (Fsp3) is 0.429. The summed E-state index contributed by atoms with van der Waals surface area (Å²) in [5.74, 6) is -0.0120. The second-order valence-corrected chi connectivity index (χ2v) is 5.70. The van der Waals surface area contributed by atoms with E-state index in [2.05, 4.69) is 16.4 Å². The van der Waals surface area contributed by atoms with Crippen molar-refractivity contribution < 1.29 is 9.90 Å². The molecule has 1 heterocycles. The lowest BCUT2D eigenvalue weighted by Gasteiger charge is -2.06. The van der Waals surface area contributed by atoms with Crippen molar-refractivity contribution in [3.05, 3.63) is 29.3 Å². The molecule has 5 heteroatoms. The van der Waals surface area contributed by atoms with Crippen molar-refractivity contribution in [2.75, 3.05) is 6.54 Å². The maximum absolute atomic E-state index is 11.5. The summed E-state index contributed by atoms with van der Waals surface area (Å²) in [6.45, 7) is 1.97. The average Bonchev–Trinajstić information content (AvgIpc) is 2.79. The molecule has 1 aromatic heterocycles. The van der Waals surface area contributed by atoms with Gasteiger partial charge in [0.05, 0.1) is 21.3 Å². The van der Waals surface area contributed by atoms with E-state index < -0.39 is 6.10 Å². The lowest BCUT2D eigenvalue weighted by molar-refractivity contribution is -0.121. The average molecular weight is 278 g/mol. The monoisotopic (exact) mass is 278 g/mol. The summed E-state index contributed by atoms with van der Waals surface area (Å²) in [5, 5.41) is 12.8. The Morgan fingerprint density at radius 3 is 3.00 bits per heavy atom. The molecule has 0 aliphatic carbocycles. The Hall–Kier alpha value is -1.46. The van der Waals surface area contributed by atoms with Crippen LogP contribution in [0.2, 0.25) is 0 Å². The van der Waals surface area contributed by atoms with E-state index in [0.717, 1.165) is 23.4 Å². The third-order valence-corrected chi connectivity index (χ3v) is 3.82. The van der Waals surface area contributed by atoms with Crippen molar-refractivity contribution in [3.63, 3.8) is 0 Å². The van der Waals surface area contributed by atoms with Gasteiger partial charge in [-0.1, -0.05) is 12.1 Å². The van der Waals surface area contributed by atoms with Crippen LogP contribution in [0.3, 0.4) is 0 Å². The van der Waals surface area contributed by atoms with Crippen LogP contribution >= 0.6 is 11.3 Å². The fourth-order valence-electron chi connectivity index (χ4n) is 1.78. The highest BCUT2D eigenvalue weighted by Gasteiger charge is 2.06. The standard InChI is InChI=1S/C14H18N2O2S/c1-10(17)9-15-13(18)7-4-8-14-16-11-5-2-3-6-12(11)19-14/h2-3,5-6,10,17H,4,7-9H2,1H3,(H,15,18). The van der Waals surface area contributed by atoms with Gasteiger partial charge in [0.25, 0.3) is 0 Å². The Morgan fingerprint density at radius 1 is 1.47 bits per heavy atom. The number of carbonyl (C=O) groups is 1. The molecule has 102 valence electrons. The Morgan fingerprint density at radius 2 is 2.26 bits per heavy atom. The number of fused-ring (bicyclic) bond motifs is 1. The molecule has 1 atom stereocenters. The van der Waals surface area contributed by atoms with Crippen LogP contribution in [0.15, 0.2) is 24.3 Å². The molecular formula is C14H18N2O2S. The van der Waals surface area contributed by atoms with E-state index in [4.69, 9.17) is 5.11 Å². The molecule has 19 heavy (non-hydrogen) atoms. The van der Waals surface area contributed by atoms with E-state index in [1.807, 2.05) is 18.2 Å². The number of thiazole rings is 1. The van der Waals surface area contributed by atoms with Crippen molar-refractivity contribution in [2.24, 2.45) is 0 Å². The quantitative estimate of drug-likeness (QED) is 0.850. The third kappa shape index (κ3) is 4.29. The number of aryl methyl sites for hydroxylation is 1. The number of aromatic nitrogens is 1. The van der Waals surface area contributed by atoms with E-state index in [0.29, 0.717) is 13.0 Å². The number of nitrogens with zero attached hydrogens (tertiary/aromatic N) is 1. The summed E-state index contributed by atoms with van der Waals surface area (Å²) in [4.78, 5) is 16.0. The number of aliphatic hydroxyl groups excluding tert-OH is 1. The second-order valence-electron chi connectivity index (χ2n) is 4.58. The highest BCUT2D eigenvalue weighted by Crippen LogP contribution is 2.22. The second kappa shape index (κ2) is 6.63. The number of amides is 1. The smallest absolute Gasteiger partial charge is 0.220 e. The molecule has 0 aliphatic rings. The largest absolute Gasteiger partial charge is 0.392 e. The molecule has 0 spiro atoms. The van der Waals surface area contributed by atoms with Gasteiger partial charge in [0.15, 0.2) is 0 Å². The molecule has 0 aliphatic heterocycles. The van der Waals surface area contributed by atoms with Gasteiger partial charge in [-0.2, -0.15) is 0 Å². The maximum atomic E-state index is 11.5. The predicted octanol–water partition coefficient (Wildman–Crippen LogP) is 2.12. The SMILES string of the molecule is CC(O)CNC(=O)CCCc1nc2ccccc2s1. The number of carbonyl (C=O) groups excluding carboxylic acids is 1. The number of aliphatic hydroxyl groups is 1. The van der Waals surface area contributed by atoms with Crippen LogP contribution in [0.25, 0.3) is 10.2 Å². The Balaban J connectivity index is 1.77. The Kier molecular flexibility index (Phi) is 4.87. The molecule has 1 unspecified atom stereocenters. The fourth-order valence-corrected chi connectivity index (χ4v) is 2.79. The molecule has 0 fully saturated rings. The van der Waals surface area contributed by atoms with E-state index in [1.165, 1.54) is 4.70 Å². The Labute approximate surface area is 116 Å². The van der Waals surface area contributed by atoms with Gasteiger partial charge in [0.2, 0.25) is 5.91 Å². The highest BCUT2D eigenvalue weighted by atomic mass is 32.1. The summed E-state index contributed by atoms with van der Waals surface area (Å²) in [7, 11) is 0. The van der Waals surface area contributed by atoms with Gasteiger partial charge in [-0.05, 0) is 31.9 Å². The van der Waals surface area contributed by atoms with E-state index in [9.17, 15) is 4.79 Å². The molecule has 0 saturated heterocycles. The predicted molar refractivity (Wildman–Crippen MR) is 77.2 cm³/mol. The molecule has 0 saturated carbocycles. The topological polar surface area (TPSA) is 62.2 Å². The summed E-state index contributed by atoms with van der Waals surface area (Å²) >= 11 is 1.68. The lowest BCUT2D eigenvalue weighted by atomic mass is 10.2. The van der Waals surface area contributed by atoms with Crippen molar-refractivity contribution in [1.82, 2.24) is 10.3 Å². The van der Waals surface area contributed by atoms with Crippen molar-refractivity contribution in [3.8, 4) is 0 Å². The first-order valence-electron chi connectivity index (χ1n) is 6.44. The number of nitrogens with one attached hydrogen (secondary N) is 1. The molecule has 2 aromatic rings. The zero-order valence-corrected chi connectivity index (χ0v) is 11.7. The van der Waals surface area contributed by atoms with Gasteiger partial charge in [-0.3, -0.25) is 4.79 Å². The van der Waals surface area contributed by atoms with Gasteiger partial charge >= 0.3 is 0 Å². The minimum absolute atomic E-state index is 0.0120. The van der Waals surface area contributed by atoms with E-state index >= 15 is 0 Å². The van der Waals surface area contributed by atoms with Crippen molar-refractivity contribution in [1.29, 1.82) is 0 Å². The first-order chi connectivity index (χ1) is 9.15. The molecule has 1 amide bonds. The summed E-state index contributed by atoms with van der Waals surface area (Å²) in [6, 6.07) is 8.06. The summed E-state index contributed by atoms with van der Waals surface area (Å²) in [5.41, 5.74) is 1.03. The molecule has 4 nitrogen and oxygen atoms in total. The van der Waals surface area contributed by atoms with Gasteiger partial charge in [0.1, 0.15) is 0 Å². The zero-order valence-electron chi connectivity index (χ0n) is 10.9. The number of benzene rings is 1. The third-order valence-electron chi connectivity index (χ3n) is 2.73. The molecule has 0 radical (unpaired) electrons. The first kappa shape index (κ1) is 14.0. The first-order valence-corrected chi connectivity index (χ1v) is 7.26. The van der Waals surface area contributed by atoms with Crippen LogP contribution in [0, 0.1) is 0 Å². The molecule has 2 rings (SSSR count). The van der Waals surface area contributed by atoms with Crippen LogP contribution in [0.1, 0.15) is 24.8 Å². The Bertz CT molecular complexity index is 518. The van der Waals surface area contributed by atoms with Crippen LogP contribution < -0.4 is 5.32 Å². The van der Waals surface area contributed by atoms with Crippen molar-refractivity contribution >= 4 is 27.5 Å². The van der Waals surface area contributed by atoms with Crippen LogP contribution in [-0.2, 0) is 11.2 Å². The van der Waals surface area contributed by atoms with Gasteiger partial charge in [-0.25, -0.2) is 4.98 Å². The molecule has 0 bridgehead atoms. The van der Waals surface area contributed by atoms with Crippen LogP contribution in [0.4, 0.5) is 0 Å². The number of rotatable bonds is 6. The van der Waals surface area contributed by atoms with Gasteiger partial charge in [-0.15, -0.1) is 11.3 Å². The van der Waals surface area contributed by atoms with Crippen LogP contribution in [-0.4, -0.2) is 28.6 Å². The minimum Gasteiger partial charge on any atom is -0.392 e. The number of hydrogen-bond acceptors (Lipinski definition) is 4. The molecule has 1 aromatic carbocycles. The van der Waals surface area contributed by atoms with Gasteiger partial charge in [0, 0.05) is 13.0 Å². The lowest BCUT2D eigenvalue weighted by Crippen LogP contribution is -2.30. The van der Waals surface area contributed by atoms with E-state index in [1.54, 1.807) is 18.3 Å². The molecule has 2 N–H and O–H groups in total. The minimum atomic E-state index is -0.492. The van der Waals surface area contributed by atoms with Crippen molar-refractivity contribution in [2.45, 2.75) is 32.3 Å². The zero-order chi connectivity index (χ0) is 13.7. The maximum Gasteiger partial charge on any atom is 0.220 e. The number of hydrogen-bond donors (Lipinski definition) is 2. The van der Waals surface area contributed by atoms with E-state index in [-0.39, 0.29) is 5.91 Å². The summed E-state index contributed by atoms with van der Waals surface area (Å²) in [6.07, 6.45) is 1.59. The van der Waals surface area contributed by atoms with Gasteiger partial charge < -0.3 is 10.4 Å².